The van der Waals surface area contributed by atoms with Gasteiger partial charge in [0.25, 0.3) is 0 Å². The summed E-state index contributed by atoms with van der Waals surface area (Å²) >= 11 is 0. The molecule has 0 aromatic rings. The normalized spacial score (nSPS) is 30.2. The van der Waals surface area contributed by atoms with Crippen LogP contribution in [0.4, 0.5) is 0 Å². The number of nitrogens with one attached hydrogen (secondary N) is 1. The Morgan fingerprint density at radius 2 is 2.00 bits per heavy atom. The summed E-state index contributed by atoms with van der Waals surface area (Å²) in [6.07, 6.45) is 8.10. The summed E-state index contributed by atoms with van der Waals surface area (Å²) in [5, 5.41) is 7.61. The third-order valence-electron chi connectivity index (χ3n) is 4.88. The molecule has 0 radical (unpaired) electrons. The zero-order valence-corrected chi connectivity index (χ0v) is 11.3. The van der Waals surface area contributed by atoms with Gasteiger partial charge in [0.05, 0.1) is 5.84 Å². The first kappa shape index (κ1) is 12.9. The molecule has 0 aromatic heterocycles. The minimum Gasteiger partial charge on any atom is -0.387 e. The highest BCUT2D eigenvalue weighted by atomic mass is 15.2. The maximum absolute atomic E-state index is 7.61. The molecule has 0 spiro atoms. The summed E-state index contributed by atoms with van der Waals surface area (Å²) in [6, 6.07) is 0.839. The van der Waals surface area contributed by atoms with Crippen LogP contribution in [0, 0.1) is 16.7 Å². The number of nitrogens with zero attached hydrogens (tertiary/aromatic N) is 1. The topological polar surface area (TPSA) is 53.1 Å². The lowest BCUT2D eigenvalue weighted by molar-refractivity contribution is 0.170. The second-order valence-electron chi connectivity index (χ2n) is 6.48. The van der Waals surface area contributed by atoms with E-state index in [2.05, 4.69) is 18.7 Å². The summed E-state index contributed by atoms with van der Waals surface area (Å²) in [7, 11) is 0. The van der Waals surface area contributed by atoms with Crippen LogP contribution in [0.5, 0.6) is 0 Å². The summed E-state index contributed by atoms with van der Waals surface area (Å²) in [5.74, 6) is 1.29. The predicted octanol–water partition coefficient (Wildman–Crippen LogP) is 2.60. The van der Waals surface area contributed by atoms with E-state index in [-0.39, 0.29) is 5.41 Å². The molecule has 2 fully saturated rings. The largest absolute Gasteiger partial charge is 0.387 e. The Hall–Kier alpha value is -0.570. The minimum absolute atomic E-state index is 0.132. The molecule has 0 bridgehead atoms. The van der Waals surface area contributed by atoms with Gasteiger partial charge in [-0.2, -0.15) is 0 Å². The Balaban J connectivity index is 1.86. The van der Waals surface area contributed by atoms with Crippen LogP contribution < -0.4 is 5.73 Å². The Bertz CT molecular complexity index is 285. The second-order valence-corrected chi connectivity index (χ2v) is 6.48. The number of nitrogens with two attached hydrogens (primary N) is 1. The number of rotatable bonds is 4. The molecule has 1 saturated carbocycles. The lowest BCUT2D eigenvalue weighted by Gasteiger charge is -2.33. The third kappa shape index (κ3) is 2.82. The molecule has 1 heterocycles. The molecular weight excluding hydrogens is 210 g/mol. The van der Waals surface area contributed by atoms with Crippen molar-refractivity contribution >= 4 is 5.84 Å². The zero-order chi connectivity index (χ0) is 12.5. The number of fused-ring (bicyclic) bond motifs is 1. The van der Waals surface area contributed by atoms with Gasteiger partial charge in [-0.25, -0.2) is 0 Å². The van der Waals surface area contributed by atoms with Crippen molar-refractivity contribution < 1.29 is 0 Å². The standard InChI is InChI=1S/C14H27N3/c1-14(2,13(15)16)8-10-17-9-7-11-5-3-4-6-12(11)17/h11-12H,3-10H2,1-2H3,(H3,15,16). The van der Waals surface area contributed by atoms with Gasteiger partial charge in [-0.3, -0.25) is 5.41 Å². The van der Waals surface area contributed by atoms with E-state index in [0.717, 1.165) is 24.9 Å². The van der Waals surface area contributed by atoms with Crippen molar-refractivity contribution in [2.24, 2.45) is 17.1 Å². The Morgan fingerprint density at radius 1 is 1.29 bits per heavy atom. The fraction of sp³-hybridized carbons (Fsp3) is 0.929. The summed E-state index contributed by atoms with van der Waals surface area (Å²) in [6.45, 7) is 6.56. The molecule has 2 unspecified atom stereocenters. The van der Waals surface area contributed by atoms with Gasteiger partial charge in [0.2, 0.25) is 0 Å². The second kappa shape index (κ2) is 4.97. The average molecular weight is 237 g/mol. The number of amidine groups is 1. The van der Waals surface area contributed by atoms with E-state index in [1.54, 1.807) is 0 Å². The van der Waals surface area contributed by atoms with Gasteiger partial charge in [0.15, 0.2) is 0 Å². The molecule has 1 aliphatic carbocycles. The molecule has 0 amide bonds. The van der Waals surface area contributed by atoms with Gasteiger partial charge in [0, 0.05) is 11.5 Å². The maximum atomic E-state index is 7.61. The van der Waals surface area contributed by atoms with Gasteiger partial charge in [-0.15, -0.1) is 0 Å². The fourth-order valence-electron chi connectivity index (χ4n) is 3.34. The monoisotopic (exact) mass is 237 g/mol. The van der Waals surface area contributed by atoms with Gasteiger partial charge >= 0.3 is 0 Å². The van der Waals surface area contributed by atoms with Crippen molar-refractivity contribution in [1.82, 2.24) is 4.90 Å². The molecule has 2 atom stereocenters. The van der Waals surface area contributed by atoms with E-state index in [0.29, 0.717) is 5.84 Å². The molecular formula is C14H27N3. The Kier molecular flexibility index (Phi) is 3.76. The summed E-state index contributed by atoms with van der Waals surface area (Å²) in [4.78, 5) is 2.66. The van der Waals surface area contributed by atoms with Crippen molar-refractivity contribution in [2.75, 3.05) is 13.1 Å². The number of hydrogen-bond acceptors (Lipinski definition) is 2. The van der Waals surface area contributed by atoms with Crippen molar-refractivity contribution in [2.45, 2.75) is 58.4 Å². The zero-order valence-electron chi connectivity index (χ0n) is 11.3. The lowest BCUT2D eigenvalue weighted by atomic mass is 9.84. The molecule has 3 N–H and O–H groups in total. The fourth-order valence-corrected chi connectivity index (χ4v) is 3.34. The average Bonchev–Trinajstić information content (AvgIpc) is 2.69. The van der Waals surface area contributed by atoms with Crippen LogP contribution in [0.3, 0.4) is 0 Å². The van der Waals surface area contributed by atoms with Crippen LogP contribution in [0.2, 0.25) is 0 Å². The molecule has 2 aliphatic rings. The van der Waals surface area contributed by atoms with E-state index in [9.17, 15) is 0 Å². The van der Waals surface area contributed by atoms with Crippen molar-refractivity contribution in [3.05, 3.63) is 0 Å². The molecule has 1 aliphatic heterocycles. The first-order valence-corrected chi connectivity index (χ1v) is 7.09. The van der Waals surface area contributed by atoms with E-state index in [1.165, 1.54) is 38.6 Å². The van der Waals surface area contributed by atoms with Crippen molar-refractivity contribution in [3.8, 4) is 0 Å². The van der Waals surface area contributed by atoms with Gasteiger partial charge in [0.1, 0.15) is 0 Å². The first-order chi connectivity index (χ1) is 8.00. The quantitative estimate of drug-likeness (QED) is 0.583. The highest BCUT2D eigenvalue weighted by Gasteiger charge is 2.36. The van der Waals surface area contributed by atoms with Gasteiger partial charge < -0.3 is 10.6 Å². The molecule has 3 heteroatoms. The van der Waals surface area contributed by atoms with E-state index < -0.39 is 0 Å². The number of hydrogen-bond donors (Lipinski definition) is 2. The highest BCUT2D eigenvalue weighted by Crippen LogP contribution is 2.36. The van der Waals surface area contributed by atoms with Crippen LogP contribution in [0.25, 0.3) is 0 Å². The number of likely N-dealkylation sites (tertiary alicyclic amines) is 1. The SMILES string of the molecule is CC(C)(CCN1CCC2CCCCC21)C(=N)N. The van der Waals surface area contributed by atoms with Gasteiger partial charge in [-0.05, 0) is 44.7 Å². The molecule has 3 nitrogen and oxygen atoms in total. The third-order valence-corrected chi connectivity index (χ3v) is 4.88. The molecule has 2 rings (SSSR count). The van der Waals surface area contributed by atoms with E-state index >= 15 is 0 Å². The summed E-state index contributed by atoms with van der Waals surface area (Å²) < 4.78 is 0. The van der Waals surface area contributed by atoms with E-state index in [4.69, 9.17) is 11.1 Å². The molecule has 1 saturated heterocycles. The minimum atomic E-state index is -0.132. The van der Waals surface area contributed by atoms with Crippen LogP contribution in [-0.2, 0) is 0 Å². The highest BCUT2D eigenvalue weighted by molar-refractivity contribution is 5.82. The predicted molar refractivity (Wildman–Crippen MR) is 72.2 cm³/mol. The molecule has 0 aromatic carbocycles. The van der Waals surface area contributed by atoms with Crippen LogP contribution in [0.1, 0.15) is 52.4 Å². The first-order valence-electron chi connectivity index (χ1n) is 7.09. The van der Waals surface area contributed by atoms with Crippen molar-refractivity contribution in [1.29, 1.82) is 5.41 Å². The smallest absolute Gasteiger partial charge is 0.0963 e. The Labute approximate surface area is 105 Å². The molecule has 98 valence electrons. The van der Waals surface area contributed by atoms with Crippen LogP contribution >= 0.6 is 0 Å². The van der Waals surface area contributed by atoms with Crippen LogP contribution in [0.15, 0.2) is 0 Å². The Morgan fingerprint density at radius 3 is 2.71 bits per heavy atom. The van der Waals surface area contributed by atoms with Gasteiger partial charge in [-0.1, -0.05) is 26.7 Å². The molecule has 17 heavy (non-hydrogen) atoms. The maximum Gasteiger partial charge on any atom is 0.0963 e. The van der Waals surface area contributed by atoms with E-state index in [1.807, 2.05) is 0 Å². The van der Waals surface area contributed by atoms with Crippen molar-refractivity contribution in [3.63, 3.8) is 0 Å². The van der Waals surface area contributed by atoms with Crippen LogP contribution in [-0.4, -0.2) is 29.9 Å². The summed E-state index contributed by atoms with van der Waals surface area (Å²) in [5.41, 5.74) is 5.52. The lowest BCUT2D eigenvalue weighted by Crippen LogP contribution is -2.39.